The second-order valence-electron chi connectivity index (χ2n) is 8.13. The van der Waals surface area contributed by atoms with Gasteiger partial charge < -0.3 is 14.8 Å². The SMILES string of the molecule is CCOCCNC(=O)c1ccc2nn(CC(CC)CCC(=O)c3ccc(Cl)cc3)cc2c1OC. The number of nitrogens with one attached hydrogen (secondary N) is 1. The van der Waals surface area contributed by atoms with Crippen LogP contribution in [0.15, 0.2) is 42.6 Å². The number of methoxy groups -OCH3 is 1. The van der Waals surface area contributed by atoms with Crippen molar-refractivity contribution in [2.24, 2.45) is 5.92 Å². The fourth-order valence-corrected chi connectivity index (χ4v) is 4.02. The number of hydrogen-bond donors (Lipinski definition) is 1. The summed E-state index contributed by atoms with van der Waals surface area (Å²) in [7, 11) is 1.56. The molecule has 34 heavy (non-hydrogen) atoms. The van der Waals surface area contributed by atoms with Gasteiger partial charge in [-0.3, -0.25) is 14.3 Å². The molecule has 3 aromatic rings. The lowest BCUT2D eigenvalue weighted by molar-refractivity contribution is 0.0919. The van der Waals surface area contributed by atoms with E-state index in [0.717, 1.165) is 23.7 Å². The molecule has 0 saturated heterocycles. The molecule has 0 bridgehead atoms. The summed E-state index contributed by atoms with van der Waals surface area (Å²) in [6, 6.07) is 10.6. The number of hydrogen-bond acceptors (Lipinski definition) is 5. The number of ether oxygens (including phenoxy) is 2. The first-order valence-corrected chi connectivity index (χ1v) is 12.0. The summed E-state index contributed by atoms with van der Waals surface area (Å²) in [4.78, 5) is 25.2. The minimum Gasteiger partial charge on any atom is -0.495 e. The van der Waals surface area contributed by atoms with Gasteiger partial charge in [0.15, 0.2) is 5.78 Å². The summed E-state index contributed by atoms with van der Waals surface area (Å²) in [5, 5.41) is 8.94. The van der Waals surface area contributed by atoms with E-state index in [4.69, 9.17) is 21.1 Å². The van der Waals surface area contributed by atoms with Crippen LogP contribution in [0.25, 0.3) is 10.9 Å². The minimum absolute atomic E-state index is 0.113. The summed E-state index contributed by atoms with van der Waals surface area (Å²) in [6.45, 7) is 6.21. The van der Waals surface area contributed by atoms with Crippen molar-refractivity contribution in [2.75, 3.05) is 26.9 Å². The molecule has 1 unspecified atom stereocenters. The highest BCUT2D eigenvalue weighted by molar-refractivity contribution is 6.30. The Labute approximate surface area is 205 Å². The highest BCUT2D eigenvalue weighted by atomic mass is 35.5. The molecule has 1 atom stereocenters. The van der Waals surface area contributed by atoms with Gasteiger partial charge in [0.05, 0.1) is 30.2 Å². The Bertz CT molecular complexity index is 1110. The van der Waals surface area contributed by atoms with Crippen LogP contribution >= 0.6 is 11.6 Å². The standard InChI is InChI=1S/C26H32ClN3O4/c1-4-18(6-13-24(31)19-7-9-20(27)10-8-19)16-30-17-22-23(29-30)12-11-21(25(22)33-3)26(32)28-14-15-34-5-2/h7-12,17-18H,4-6,13-16H2,1-3H3,(H,28,32). The zero-order chi connectivity index (χ0) is 24.5. The van der Waals surface area contributed by atoms with E-state index in [1.54, 1.807) is 37.4 Å². The van der Waals surface area contributed by atoms with Gasteiger partial charge in [-0.25, -0.2) is 0 Å². The van der Waals surface area contributed by atoms with Crippen molar-refractivity contribution < 1.29 is 19.1 Å². The summed E-state index contributed by atoms with van der Waals surface area (Å²) >= 11 is 5.92. The van der Waals surface area contributed by atoms with E-state index < -0.39 is 0 Å². The lowest BCUT2D eigenvalue weighted by Crippen LogP contribution is -2.27. The molecule has 0 fully saturated rings. The molecule has 2 aromatic carbocycles. The first-order valence-electron chi connectivity index (χ1n) is 11.7. The van der Waals surface area contributed by atoms with Gasteiger partial charge in [-0.05, 0) is 55.7 Å². The van der Waals surface area contributed by atoms with Crippen LogP contribution in [-0.4, -0.2) is 48.3 Å². The Morgan fingerprint density at radius 2 is 1.91 bits per heavy atom. The van der Waals surface area contributed by atoms with Crippen molar-refractivity contribution in [3.05, 3.63) is 58.7 Å². The quantitative estimate of drug-likeness (QED) is 0.267. The number of halogens is 1. The lowest BCUT2D eigenvalue weighted by Gasteiger charge is -2.14. The molecule has 0 radical (unpaired) electrons. The van der Waals surface area contributed by atoms with Crippen LogP contribution in [0.5, 0.6) is 5.75 Å². The Morgan fingerprint density at radius 1 is 1.15 bits per heavy atom. The Balaban J connectivity index is 1.68. The number of Topliss-reactive ketones (excluding diaryl/α,β-unsaturated/α-hetero) is 1. The number of rotatable bonds is 13. The van der Waals surface area contributed by atoms with Gasteiger partial charge >= 0.3 is 0 Å². The maximum Gasteiger partial charge on any atom is 0.255 e. The number of aromatic nitrogens is 2. The monoisotopic (exact) mass is 485 g/mol. The molecule has 182 valence electrons. The number of amides is 1. The summed E-state index contributed by atoms with van der Waals surface area (Å²) < 4.78 is 12.7. The summed E-state index contributed by atoms with van der Waals surface area (Å²) in [6.07, 6.45) is 4.07. The Morgan fingerprint density at radius 3 is 2.59 bits per heavy atom. The number of benzene rings is 2. The molecule has 1 aromatic heterocycles. The zero-order valence-electron chi connectivity index (χ0n) is 20.0. The molecule has 0 aliphatic rings. The molecule has 8 heteroatoms. The van der Waals surface area contributed by atoms with Crippen LogP contribution < -0.4 is 10.1 Å². The molecular formula is C26H32ClN3O4. The van der Waals surface area contributed by atoms with Crippen LogP contribution in [0.2, 0.25) is 5.02 Å². The molecule has 0 aliphatic carbocycles. The third-order valence-electron chi connectivity index (χ3n) is 5.84. The van der Waals surface area contributed by atoms with Crippen LogP contribution in [0.1, 0.15) is 53.8 Å². The Hall–Kier alpha value is -2.90. The highest BCUT2D eigenvalue weighted by Gasteiger charge is 2.18. The molecule has 1 heterocycles. The molecule has 1 amide bonds. The van der Waals surface area contributed by atoms with E-state index in [9.17, 15) is 9.59 Å². The van der Waals surface area contributed by atoms with Gasteiger partial charge in [0.2, 0.25) is 0 Å². The van der Waals surface area contributed by atoms with Crippen molar-refractivity contribution in [1.82, 2.24) is 15.1 Å². The second kappa shape index (κ2) is 12.5. The van der Waals surface area contributed by atoms with Gasteiger partial charge in [-0.15, -0.1) is 0 Å². The van der Waals surface area contributed by atoms with E-state index in [2.05, 4.69) is 17.3 Å². The average Bonchev–Trinajstić information content (AvgIpc) is 3.26. The van der Waals surface area contributed by atoms with Crippen molar-refractivity contribution in [1.29, 1.82) is 0 Å². The van der Waals surface area contributed by atoms with Gasteiger partial charge in [-0.1, -0.05) is 24.9 Å². The fraction of sp³-hybridized carbons (Fsp3) is 0.423. The third-order valence-corrected chi connectivity index (χ3v) is 6.09. The summed E-state index contributed by atoms with van der Waals surface area (Å²) in [5.74, 6) is 0.697. The molecule has 0 spiro atoms. The first kappa shape index (κ1) is 25.7. The normalized spacial score (nSPS) is 12.0. The van der Waals surface area contributed by atoms with Crippen LogP contribution in [-0.2, 0) is 11.3 Å². The van der Waals surface area contributed by atoms with Gasteiger partial charge in [0.1, 0.15) is 5.75 Å². The molecule has 0 saturated carbocycles. The topological polar surface area (TPSA) is 82.5 Å². The van der Waals surface area contributed by atoms with Gasteiger partial charge in [0.25, 0.3) is 5.91 Å². The maximum absolute atomic E-state index is 12.6. The molecule has 1 N–H and O–H groups in total. The third kappa shape index (κ3) is 6.58. The molecule has 7 nitrogen and oxygen atoms in total. The lowest BCUT2D eigenvalue weighted by atomic mass is 9.96. The van der Waals surface area contributed by atoms with E-state index in [0.29, 0.717) is 54.6 Å². The second-order valence-corrected chi connectivity index (χ2v) is 8.56. The molecule has 0 aliphatic heterocycles. The fourth-order valence-electron chi connectivity index (χ4n) is 3.89. The predicted molar refractivity (Wildman–Crippen MR) is 134 cm³/mol. The van der Waals surface area contributed by atoms with Gasteiger partial charge in [-0.2, -0.15) is 5.10 Å². The van der Waals surface area contributed by atoms with Crippen LogP contribution in [0.3, 0.4) is 0 Å². The van der Waals surface area contributed by atoms with Crippen molar-refractivity contribution in [3.63, 3.8) is 0 Å². The van der Waals surface area contributed by atoms with Crippen molar-refractivity contribution >= 4 is 34.2 Å². The number of carbonyl (C=O) groups excluding carboxylic acids is 2. The average molecular weight is 486 g/mol. The smallest absolute Gasteiger partial charge is 0.255 e. The molecule has 3 rings (SSSR count). The Kier molecular flexibility index (Phi) is 9.48. The zero-order valence-corrected chi connectivity index (χ0v) is 20.7. The van der Waals surface area contributed by atoms with Crippen LogP contribution in [0, 0.1) is 5.92 Å². The van der Waals surface area contributed by atoms with E-state index >= 15 is 0 Å². The number of carbonyl (C=O) groups is 2. The predicted octanol–water partition coefficient (Wildman–Crippen LogP) is 5.15. The van der Waals surface area contributed by atoms with Crippen molar-refractivity contribution in [2.45, 2.75) is 39.7 Å². The van der Waals surface area contributed by atoms with E-state index in [-0.39, 0.29) is 17.6 Å². The number of fused-ring (bicyclic) bond motifs is 1. The minimum atomic E-state index is -0.210. The highest BCUT2D eigenvalue weighted by Crippen LogP contribution is 2.30. The van der Waals surface area contributed by atoms with E-state index in [1.165, 1.54) is 0 Å². The first-order chi connectivity index (χ1) is 16.5. The van der Waals surface area contributed by atoms with E-state index in [1.807, 2.05) is 23.9 Å². The maximum atomic E-state index is 12.6. The largest absolute Gasteiger partial charge is 0.495 e. The van der Waals surface area contributed by atoms with Crippen LogP contribution in [0.4, 0.5) is 0 Å². The number of nitrogens with zero attached hydrogens (tertiary/aromatic N) is 2. The van der Waals surface area contributed by atoms with Crippen molar-refractivity contribution in [3.8, 4) is 5.75 Å². The molecular weight excluding hydrogens is 454 g/mol. The van der Waals surface area contributed by atoms with Gasteiger partial charge in [0, 0.05) is 42.9 Å². The number of ketones is 1. The summed E-state index contributed by atoms with van der Waals surface area (Å²) in [5.41, 5.74) is 1.90.